The van der Waals surface area contributed by atoms with Crippen LogP contribution in [0.25, 0.3) is 0 Å². The minimum Gasteiger partial charge on any atom is -0.400 e. The predicted molar refractivity (Wildman–Crippen MR) is 43.6 cm³/mol. The number of ether oxygens (including phenoxy) is 1. The van der Waals surface area contributed by atoms with Crippen LogP contribution in [0.15, 0.2) is 0 Å². The number of esters is 1. The van der Waals surface area contributed by atoms with E-state index in [0.29, 0.717) is 0 Å². The number of carbonyl (C=O) groups is 1. The molecule has 0 spiro atoms. The van der Waals surface area contributed by atoms with Crippen molar-refractivity contribution in [2.45, 2.75) is 25.8 Å². The van der Waals surface area contributed by atoms with Crippen molar-refractivity contribution in [2.24, 2.45) is 0 Å². The van der Waals surface area contributed by atoms with Gasteiger partial charge in [0.15, 0.2) is 0 Å². The van der Waals surface area contributed by atoms with Crippen LogP contribution in [-0.4, -0.2) is 28.6 Å². The van der Waals surface area contributed by atoms with Crippen molar-refractivity contribution < 1.29 is 19.4 Å². The third kappa shape index (κ3) is 5.01. The van der Waals surface area contributed by atoms with Crippen molar-refractivity contribution in [2.75, 3.05) is 6.73 Å². The molecule has 80 valence electrons. The molecule has 14 heavy (non-hydrogen) atoms. The highest BCUT2D eigenvalue weighted by Crippen LogP contribution is 2.03. The molecular weight excluding hydrogens is 196 g/mol. The van der Waals surface area contributed by atoms with Gasteiger partial charge in [0.05, 0.1) is 4.92 Å². The van der Waals surface area contributed by atoms with E-state index < -0.39 is 35.0 Å². The Morgan fingerprint density at radius 1 is 1.43 bits per heavy atom. The fourth-order valence-corrected chi connectivity index (χ4v) is 0.744. The molecule has 0 aliphatic carbocycles. The van der Waals surface area contributed by atoms with Gasteiger partial charge in [0, 0.05) is 11.3 Å². The topological polar surface area (TPSA) is 113 Å². The minimum absolute atomic E-state index is 0.181. The van der Waals surface area contributed by atoms with Gasteiger partial charge in [-0.05, 0) is 0 Å². The molecule has 0 aromatic rings. The van der Waals surface area contributed by atoms with Gasteiger partial charge in [0.1, 0.15) is 6.42 Å². The molecule has 8 nitrogen and oxygen atoms in total. The molecule has 0 aliphatic rings. The third-order valence-electron chi connectivity index (χ3n) is 1.50. The second-order valence-corrected chi connectivity index (χ2v) is 2.53. The minimum atomic E-state index is -1.03. The summed E-state index contributed by atoms with van der Waals surface area (Å²) in [5.41, 5.74) is 0. The van der Waals surface area contributed by atoms with Gasteiger partial charge in [-0.2, -0.15) is 0 Å². The molecule has 0 heterocycles. The van der Waals surface area contributed by atoms with Crippen molar-refractivity contribution in [3.8, 4) is 0 Å². The first-order chi connectivity index (χ1) is 6.47. The maximum atomic E-state index is 10.8. The van der Waals surface area contributed by atoms with Gasteiger partial charge in [0.25, 0.3) is 0 Å². The van der Waals surface area contributed by atoms with Crippen molar-refractivity contribution in [1.29, 1.82) is 0 Å². The Kier molecular flexibility index (Phi) is 5.12. The van der Waals surface area contributed by atoms with Crippen molar-refractivity contribution >= 4 is 5.97 Å². The van der Waals surface area contributed by atoms with Crippen LogP contribution in [0.2, 0.25) is 0 Å². The highest BCUT2D eigenvalue weighted by molar-refractivity contribution is 5.69. The molecule has 0 rings (SSSR count). The van der Waals surface area contributed by atoms with Gasteiger partial charge < -0.3 is 4.74 Å². The van der Waals surface area contributed by atoms with E-state index in [1.54, 1.807) is 6.92 Å². The molecule has 1 atom stereocenters. The summed E-state index contributed by atoms with van der Waals surface area (Å²) in [7, 11) is 0. The van der Waals surface area contributed by atoms with Gasteiger partial charge >= 0.3 is 12.7 Å². The van der Waals surface area contributed by atoms with Crippen LogP contribution in [0.3, 0.4) is 0 Å². The number of nitrogens with zero attached hydrogens (tertiary/aromatic N) is 2. The smallest absolute Gasteiger partial charge is 0.346 e. The highest BCUT2D eigenvalue weighted by Gasteiger charge is 2.23. The molecule has 0 aromatic heterocycles. The zero-order chi connectivity index (χ0) is 11.1. The standard InChI is InChI=1S/C6H10N2O6/c1-2-5(8(12)13)3-6(9)14-4-7(10)11/h5H,2-4H2,1H3. The SMILES string of the molecule is CCC(CC(=O)OC[N+](=O)[O-])[N+](=O)[O-]. The van der Waals surface area contributed by atoms with Crippen LogP contribution < -0.4 is 0 Å². The van der Waals surface area contributed by atoms with Gasteiger partial charge in [-0.15, -0.1) is 0 Å². The number of hydrogen-bond acceptors (Lipinski definition) is 6. The second-order valence-electron chi connectivity index (χ2n) is 2.53. The zero-order valence-electron chi connectivity index (χ0n) is 7.54. The van der Waals surface area contributed by atoms with Crippen LogP contribution in [0.5, 0.6) is 0 Å². The first-order valence-electron chi connectivity index (χ1n) is 3.88. The molecule has 8 heteroatoms. The molecule has 0 radical (unpaired) electrons. The molecule has 0 amide bonds. The van der Waals surface area contributed by atoms with Crippen LogP contribution in [0.4, 0.5) is 0 Å². The van der Waals surface area contributed by atoms with Gasteiger partial charge in [-0.25, -0.2) is 0 Å². The first kappa shape index (κ1) is 12.3. The molecule has 0 saturated carbocycles. The van der Waals surface area contributed by atoms with Crippen LogP contribution >= 0.6 is 0 Å². The molecule has 0 aliphatic heterocycles. The monoisotopic (exact) mass is 206 g/mol. The van der Waals surface area contributed by atoms with Gasteiger partial charge in [-0.1, -0.05) is 6.92 Å². The summed E-state index contributed by atoms with van der Waals surface area (Å²) in [6.45, 7) is 0.598. The first-order valence-corrected chi connectivity index (χ1v) is 3.88. The van der Waals surface area contributed by atoms with Gasteiger partial charge in [0.2, 0.25) is 6.04 Å². The van der Waals surface area contributed by atoms with Crippen molar-refractivity contribution in [3.63, 3.8) is 0 Å². The molecule has 0 bridgehead atoms. The average Bonchev–Trinajstić information content (AvgIpc) is 2.10. The lowest BCUT2D eigenvalue weighted by Gasteiger charge is -2.04. The summed E-state index contributed by atoms with van der Waals surface area (Å²) in [5, 5.41) is 20.1. The van der Waals surface area contributed by atoms with E-state index in [1.165, 1.54) is 0 Å². The Morgan fingerprint density at radius 3 is 2.36 bits per heavy atom. The lowest BCUT2D eigenvalue weighted by atomic mass is 10.2. The lowest BCUT2D eigenvalue weighted by molar-refractivity contribution is -0.527. The number of nitro groups is 2. The Bertz CT molecular complexity index is 240. The molecule has 1 unspecified atom stereocenters. The maximum absolute atomic E-state index is 10.8. The van der Waals surface area contributed by atoms with E-state index in [1.807, 2.05) is 0 Å². The summed E-state index contributed by atoms with van der Waals surface area (Å²) in [4.78, 5) is 29.4. The van der Waals surface area contributed by atoms with Gasteiger partial charge in [-0.3, -0.25) is 25.0 Å². The molecule has 0 aromatic carbocycles. The largest absolute Gasteiger partial charge is 0.400 e. The normalized spacial score (nSPS) is 11.8. The fraction of sp³-hybridized carbons (Fsp3) is 0.833. The molecule has 0 N–H and O–H groups in total. The third-order valence-corrected chi connectivity index (χ3v) is 1.50. The molecular formula is C6H10N2O6. The summed E-state index contributed by atoms with van der Waals surface area (Å²) in [5.74, 6) is -0.926. The van der Waals surface area contributed by atoms with E-state index in [9.17, 15) is 25.0 Å². The number of hydrogen-bond donors (Lipinski definition) is 0. The summed E-state index contributed by atoms with van der Waals surface area (Å²) in [6.07, 6.45) is -0.252. The number of carbonyl (C=O) groups excluding carboxylic acids is 1. The van der Waals surface area contributed by atoms with E-state index >= 15 is 0 Å². The average molecular weight is 206 g/mol. The summed E-state index contributed by atoms with van der Waals surface area (Å²) in [6, 6.07) is -1.03. The zero-order valence-corrected chi connectivity index (χ0v) is 7.54. The van der Waals surface area contributed by atoms with E-state index in [2.05, 4.69) is 4.74 Å². The second kappa shape index (κ2) is 5.84. The highest BCUT2D eigenvalue weighted by atomic mass is 16.7. The Balaban J connectivity index is 3.91. The maximum Gasteiger partial charge on any atom is 0.346 e. The predicted octanol–water partition coefficient (Wildman–Crippen LogP) is 0.209. The van der Waals surface area contributed by atoms with Crippen molar-refractivity contribution in [1.82, 2.24) is 0 Å². The van der Waals surface area contributed by atoms with E-state index in [4.69, 9.17) is 0 Å². The Morgan fingerprint density at radius 2 is 2.00 bits per heavy atom. The fourth-order valence-electron chi connectivity index (χ4n) is 0.744. The molecule has 0 fully saturated rings. The van der Waals surface area contributed by atoms with E-state index in [0.717, 1.165) is 0 Å². The summed E-state index contributed by atoms with van der Waals surface area (Å²) < 4.78 is 4.14. The van der Waals surface area contributed by atoms with Crippen LogP contribution in [-0.2, 0) is 9.53 Å². The van der Waals surface area contributed by atoms with Crippen molar-refractivity contribution in [3.05, 3.63) is 20.2 Å². The Hall–Kier alpha value is -1.73. The summed E-state index contributed by atoms with van der Waals surface area (Å²) >= 11 is 0. The molecule has 0 saturated heterocycles. The van der Waals surface area contributed by atoms with E-state index in [-0.39, 0.29) is 6.42 Å². The Labute approximate surface area is 79.1 Å². The number of rotatable bonds is 6. The van der Waals surface area contributed by atoms with Crippen LogP contribution in [0.1, 0.15) is 19.8 Å². The van der Waals surface area contributed by atoms with Crippen LogP contribution in [0, 0.1) is 20.2 Å². The quantitative estimate of drug-likeness (QED) is 0.265. The lowest BCUT2D eigenvalue weighted by Crippen LogP contribution is -2.24.